The quantitative estimate of drug-likeness (QED) is 0.213. The van der Waals surface area contributed by atoms with Crippen molar-refractivity contribution in [2.24, 2.45) is 10.9 Å². The molecule has 0 radical (unpaired) electrons. The van der Waals surface area contributed by atoms with E-state index in [2.05, 4.69) is 24.9 Å². The molecule has 1 atom stereocenters. The lowest BCUT2D eigenvalue weighted by atomic mass is 10.2. The van der Waals surface area contributed by atoms with Crippen molar-refractivity contribution in [3.8, 4) is 0 Å². The molecule has 0 amide bonds. The minimum atomic E-state index is -0.122. The van der Waals surface area contributed by atoms with Crippen LogP contribution in [-0.4, -0.2) is 58.1 Å². The number of piperazine rings is 1. The summed E-state index contributed by atoms with van der Waals surface area (Å²) in [5, 5.41) is 11.8. The lowest BCUT2D eigenvalue weighted by Crippen LogP contribution is -2.53. The second kappa shape index (κ2) is 6.39. The molecule has 1 fully saturated rings. The Morgan fingerprint density at radius 2 is 2.20 bits per heavy atom. The van der Waals surface area contributed by atoms with Gasteiger partial charge in [-0.05, 0) is 29.5 Å². The largest absolute Gasteiger partial charge is 0.409 e. The number of nitrogens with two attached hydrogens (primary N) is 1. The Hall–Kier alpha value is -1.36. The SMILES string of the molecule is CC(C(N)=NO)N1CCN(c2nc[nH]c(=O)c2I)CC1. The van der Waals surface area contributed by atoms with E-state index in [9.17, 15) is 4.79 Å². The van der Waals surface area contributed by atoms with Gasteiger partial charge in [0, 0.05) is 26.2 Å². The van der Waals surface area contributed by atoms with Gasteiger partial charge in [-0.2, -0.15) is 0 Å². The van der Waals surface area contributed by atoms with Crippen LogP contribution in [0.2, 0.25) is 0 Å². The van der Waals surface area contributed by atoms with Gasteiger partial charge in [0.05, 0.1) is 12.4 Å². The monoisotopic (exact) mass is 392 g/mol. The summed E-state index contributed by atoms with van der Waals surface area (Å²) < 4.78 is 0.600. The highest BCUT2D eigenvalue weighted by molar-refractivity contribution is 14.1. The number of aromatic nitrogens is 2. The molecule has 2 rings (SSSR count). The fourth-order valence-electron chi connectivity index (χ4n) is 2.19. The first kappa shape index (κ1) is 15.0. The van der Waals surface area contributed by atoms with Crippen LogP contribution in [-0.2, 0) is 0 Å². The number of aromatic amines is 1. The van der Waals surface area contributed by atoms with Crippen LogP contribution < -0.4 is 16.2 Å². The molecule has 4 N–H and O–H groups in total. The smallest absolute Gasteiger partial charge is 0.266 e. The molecule has 0 aromatic carbocycles. The number of amidine groups is 1. The van der Waals surface area contributed by atoms with Crippen molar-refractivity contribution in [1.29, 1.82) is 0 Å². The highest BCUT2D eigenvalue weighted by atomic mass is 127. The third-order valence-electron chi connectivity index (χ3n) is 3.48. The molecular formula is C11H17IN6O2. The fraction of sp³-hybridized carbons (Fsp3) is 0.545. The number of nitrogens with one attached hydrogen (secondary N) is 1. The Balaban J connectivity index is 2.05. The van der Waals surface area contributed by atoms with Gasteiger partial charge in [-0.3, -0.25) is 9.69 Å². The van der Waals surface area contributed by atoms with Crippen LogP contribution in [0, 0.1) is 3.57 Å². The topological polar surface area (TPSA) is 111 Å². The second-order valence-electron chi connectivity index (χ2n) is 4.59. The summed E-state index contributed by atoms with van der Waals surface area (Å²) in [5.74, 6) is 0.924. The molecule has 0 aliphatic carbocycles. The summed E-state index contributed by atoms with van der Waals surface area (Å²) in [6, 6.07) is -0.103. The van der Waals surface area contributed by atoms with Gasteiger partial charge in [0.25, 0.3) is 5.56 Å². The summed E-state index contributed by atoms with van der Waals surface area (Å²) in [7, 11) is 0. The molecule has 1 aliphatic heterocycles. The van der Waals surface area contributed by atoms with Gasteiger partial charge in [-0.1, -0.05) is 5.16 Å². The molecule has 110 valence electrons. The molecule has 1 unspecified atom stereocenters. The first-order chi connectivity index (χ1) is 9.54. The minimum Gasteiger partial charge on any atom is -0.409 e. The fourth-order valence-corrected chi connectivity index (χ4v) is 2.82. The van der Waals surface area contributed by atoms with E-state index in [1.807, 2.05) is 29.5 Å². The van der Waals surface area contributed by atoms with Crippen molar-refractivity contribution in [2.75, 3.05) is 31.1 Å². The summed E-state index contributed by atoms with van der Waals surface area (Å²) in [4.78, 5) is 22.6. The number of anilines is 1. The van der Waals surface area contributed by atoms with Crippen LogP contribution >= 0.6 is 22.6 Å². The van der Waals surface area contributed by atoms with Crippen LogP contribution in [0.3, 0.4) is 0 Å². The molecule has 1 aromatic rings. The van der Waals surface area contributed by atoms with Gasteiger partial charge in [0.1, 0.15) is 9.39 Å². The number of H-pyrrole nitrogens is 1. The molecule has 9 heteroatoms. The van der Waals surface area contributed by atoms with Crippen molar-refractivity contribution in [2.45, 2.75) is 13.0 Å². The third kappa shape index (κ3) is 3.03. The van der Waals surface area contributed by atoms with Gasteiger partial charge in [0.2, 0.25) is 0 Å². The maximum atomic E-state index is 11.6. The molecule has 0 saturated carbocycles. The zero-order chi connectivity index (χ0) is 14.7. The second-order valence-corrected chi connectivity index (χ2v) is 5.67. The predicted octanol–water partition coefficient (Wildman–Crippen LogP) is -0.369. The Morgan fingerprint density at radius 3 is 2.80 bits per heavy atom. The Kier molecular flexibility index (Phi) is 4.81. The minimum absolute atomic E-state index is 0.103. The van der Waals surface area contributed by atoms with E-state index in [0.29, 0.717) is 9.39 Å². The molecule has 8 nitrogen and oxygen atoms in total. The first-order valence-corrected chi connectivity index (χ1v) is 7.32. The molecule has 20 heavy (non-hydrogen) atoms. The zero-order valence-corrected chi connectivity index (χ0v) is 13.2. The van der Waals surface area contributed by atoms with Gasteiger partial charge in [-0.25, -0.2) is 4.98 Å². The third-order valence-corrected chi connectivity index (χ3v) is 4.46. The lowest BCUT2D eigenvalue weighted by Gasteiger charge is -2.38. The summed E-state index contributed by atoms with van der Waals surface area (Å²) in [5.41, 5.74) is 5.50. The lowest BCUT2D eigenvalue weighted by molar-refractivity contribution is 0.229. The number of hydrogen-bond donors (Lipinski definition) is 3. The van der Waals surface area contributed by atoms with Crippen molar-refractivity contribution < 1.29 is 5.21 Å². The highest BCUT2D eigenvalue weighted by Gasteiger charge is 2.25. The molecule has 2 heterocycles. The predicted molar refractivity (Wildman–Crippen MR) is 84.2 cm³/mol. The van der Waals surface area contributed by atoms with Crippen LogP contribution in [0.15, 0.2) is 16.3 Å². The average Bonchev–Trinajstić information content (AvgIpc) is 2.48. The number of oxime groups is 1. The van der Waals surface area contributed by atoms with E-state index in [1.54, 1.807) is 0 Å². The van der Waals surface area contributed by atoms with Crippen LogP contribution in [0.5, 0.6) is 0 Å². The molecule has 1 aromatic heterocycles. The maximum absolute atomic E-state index is 11.6. The van der Waals surface area contributed by atoms with E-state index in [4.69, 9.17) is 10.9 Å². The molecule has 0 bridgehead atoms. The Bertz CT molecular complexity index is 552. The molecule has 1 aliphatic rings. The number of nitrogens with zero attached hydrogens (tertiary/aromatic N) is 4. The van der Waals surface area contributed by atoms with Crippen LogP contribution in [0.4, 0.5) is 5.82 Å². The van der Waals surface area contributed by atoms with Crippen LogP contribution in [0.1, 0.15) is 6.92 Å². The zero-order valence-electron chi connectivity index (χ0n) is 11.1. The summed E-state index contributed by atoms with van der Waals surface area (Å²) in [6.45, 7) is 4.93. The normalized spacial score (nSPS) is 19.1. The van der Waals surface area contributed by atoms with E-state index in [1.165, 1.54) is 6.33 Å². The molecule has 1 saturated heterocycles. The molecular weight excluding hydrogens is 375 g/mol. The van der Waals surface area contributed by atoms with E-state index in [-0.39, 0.29) is 17.4 Å². The van der Waals surface area contributed by atoms with E-state index >= 15 is 0 Å². The number of rotatable bonds is 3. The summed E-state index contributed by atoms with van der Waals surface area (Å²) in [6.07, 6.45) is 1.42. The first-order valence-electron chi connectivity index (χ1n) is 6.24. The van der Waals surface area contributed by atoms with Crippen molar-refractivity contribution in [3.63, 3.8) is 0 Å². The highest BCUT2D eigenvalue weighted by Crippen LogP contribution is 2.18. The number of halogens is 1. The van der Waals surface area contributed by atoms with Gasteiger partial charge in [-0.15, -0.1) is 0 Å². The van der Waals surface area contributed by atoms with E-state index < -0.39 is 0 Å². The van der Waals surface area contributed by atoms with Crippen molar-refractivity contribution in [3.05, 3.63) is 20.3 Å². The van der Waals surface area contributed by atoms with Gasteiger partial charge >= 0.3 is 0 Å². The standard InChI is InChI=1S/C11H17IN6O2/c1-7(9(13)16-20)17-2-4-18(5-3-17)10-8(12)11(19)15-6-14-10/h6-7,20H,2-5H2,1H3,(H2,13,16)(H,14,15,19). The Morgan fingerprint density at radius 1 is 1.55 bits per heavy atom. The summed E-state index contributed by atoms with van der Waals surface area (Å²) >= 11 is 2.01. The molecule has 0 spiro atoms. The Labute approximate surface area is 129 Å². The van der Waals surface area contributed by atoms with E-state index in [0.717, 1.165) is 26.2 Å². The van der Waals surface area contributed by atoms with Crippen molar-refractivity contribution >= 4 is 34.2 Å². The average molecular weight is 392 g/mol. The van der Waals surface area contributed by atoms with Gasteiger partial charge < -0.3 is 20.8 Å². The maximum Gasteiger partial charge on any atom is 0.266 e. The van der Waals surface area contributed by atoms with Crippen LogP contribution in [0.25, 0.3) is 0 Å². The van der Waals surface area contributed by atoms with Gasteiger partial charge in [0.15, 0.2) is 5.84 Å². The number of hydrogen-bond acceptors (Lipinski definition) is 6. The van der Waals surface area contributed by atoms with Crippen molar-refractivity contribution in [1.82, 2.24) is 14.9 Å².